The van der Waals surface area contributed by atoms with E-state index in [4.69, 9.17) is 0 Å². The minimum absolute atomic E-state index is 0.141. The van der Waals surface area contributed by atoms with Crippen LogP contribution in [-0.4, -0.2) is 33.8 Å². The molecule has 0 radical (unpaired) electrons. The predicted molar refractivity (Wildman–Crippen MR) is 83.1 cm³/mol. The molecule has 0 aliphatic rings. The second-order valence-corrected chi connectivity index (χ2v) is 5.07. The number of aromatic nitrogens is 2. The molecule has 2 unspecified atom stereocenters. The van der Waals surface area contributed by atoms with Crippen molar-refractivity contribution in [2.24, 2.45) is 0 Å². The van der Waals surface area contributed by atoms with Gasteiger partial charge in [0.1, 0.15) is 5.82 Å². The van der Waals surface area contributed by atoms with E-state index >= 15 is 0 Å². The molecule has 0 bridgehead atoms. The van der Waals surface area contributed by atoms with Gasteiger partial charge >= 0.3 is 0 Å². The Morgan fingerprint density at radius 2 is 1.95 bits per heavy atom. The summed E-state index contributed by atoms with van der Waals surface area (Å²) in [6, 6.07) is 8.06. The summed E-state index contributed by atoms with van der Waals surface area (Å²) in [7, 11) is 0. The van der Waals surface area contributed by atoms with E-state index in [0.29, 0.717) is 12.4 Å². The zero-order chi connectivity index (χ0) is 14.5. The molecular weight excluding hydrogens is 252 g/mol. The number of fused-ring (bicyclic) bond motifs is 1. The Morgan fingerprint density at radius 1 is 1.20 bits per heavy atom. The van der Waals surface area contributed by atoms with Gasteiger partial charge in [-0.3, -0.25) is 0 Å². The van der Waals surface area contributed by atoms with Crippen LogP contribution in [0.25, 0.3) is 10.9 Å². The van der Waals surface area contributed by atoms with E-state index in [9.17, 15) is 5.11 Å². The zero-order valence-electron chi connectivity index (χ0n) is 12.2. The van der Waals surface area contributed by atoms with Crippen molar-refractivity contribution in [2.75, 3.05) is 17.2 Å². The molecule has 5 nitrogen and oxygen atoms in total. The van der Waals surface area contributed by atoms with Crippen LogP contribution in [0.4, 0.5) is 11.8 Å². The third-order valence-corrected chi connectivity index (χ3v) is 3.02. The van der Waals surface area contributed by atoms with E-state index in [1.165, 1.54) is 0 Å². The molecule has 1 aromatic heterocycles. The first-order chi connectivity index (χ1) is 9.60. The highest BCUT2D eigenvalue weighted by Crippen LogP contribution is 2.22. The standard InChI is InChI=1S/C15H22N4O/c1-4-16-15-18-13-8-6-5-7-12(13)14(19-15)17-10(2)9-11(3)20/h5-8,10-11,20H,4,9H2,1-3H3,(H2,16,17,18,19). The molecule has 20 heavy (non-hydrogen) atoms. The lowest BCUT2D eigenvalue weighted by Gasteiger charge is -2.18. The average molecular weight is 274 g/mol. The van der Waals surface area contributed by atoms with Gasteiger partial charge in [0.15, 0.2) is 0 Å². The molecule has 0 spiro atoms. The summed E-state index contributed by atoms with van der Waals surface area (Å²) in [4.78, 5) is 9.01. The number of nitrogens with zero attached hydrogens (tertiary/aromatic N) is 2. The van der Waals surface area contributed by atoms with E-state index in [2.05, 4.69) is 20.6 Å². The van der Waals surface area contributed by atoms with E-state index in [1.54, 1.807) is 6.92 Å². The van der Waals surface area contributed by atoms with Gasteiger partial charge in [0.05, 0.1) is 11.6 Å². The minimum atomic E-state index is -0.334. The summed E-state index contributed by atoms with van der Waals surface area (Å²) >= 11 is 0. The van der Waals surface area contributed by atoms with Crippen LogP contribution in [0.3, 0.4) is 0 Å². The highest BCUT2D eigenvalue weighted by atomic mass is 16.3. The third-order valence-electron chi connectivity index (χ3n) is 3.02. The van der Waals surface area contributed by atoms with Crippen molar-refractivity contribution in [3.8, 4) is 0 Å². The Bertz CT molecular complexity index is 571. The normalized spacial score (nSPS) is 14.0. The lowest BCUT2D eigenvalue weighted by molar-refractivity contribution is 0.179. The number of benzene rings is 1. The van der Waals surface area contributed by atoms with Crippen LogP contribution in [0, 0.1) is 0 Å². The number of hydrogen-bond donors (Lipinski definition) is 3. The van der Waals surface area contributed by atoms with Crippen molar-refractivity contribution in [1.82, 2.24) is 9.97 Å². The summed E-state index contributed by atoms with van der Waals surface area (Å²) in [6.45, 7) is 6.62. The van der Waals surface area contributed by atoms with Crippen LogP contribution in [-0.2, 0) is 0 Å². The predicted octanol–water partition coefficient (Wildman–Crippen LogP) is 2.63. The Hall–Kier alpha value is -1.88. The maximum Gasteiger partial charge on any atom is 0.225 e. The van der Waals surface area contributed by atoms with Crippen molar-refractivity contribution >= 4 is 22.7 Å². The van der Waals surface area contributed by atoms with Crippen LogP contribution >= 0.6 is 0 Å². The third kappa shape index (κ3) is 3.57. The van der Waals surface area contributed by atoms with Gasteiger partial charge in [0, 0.05) is 18.0 Å². The fourth-order valence-electron chi connectivity index (χ4n) is 2.23. The molecule has 5 heteroatoms. The molecule has 1 aromatic carbocycles. The van der Waals surface area contributed by atoms with Gasteiger partial charge in [-0.1, -0.05) is 12.1 Å². The molecule has 0 fully saturated rings. The van der Waals surface area contributed by atoms with Crippen LogP contribution < -0.4 is 10.6 Å². The molecule has 3 N–H and O–H groups in total. The summed E-state index contributed by atoms with van der Waals surface area (Å²) in [5, 5.41) is 17.0. The van der Waals surface area contributed by atoms with Gasteiger partial charge in [-0.15, -0.1) is 0 Å². The number of nitrogens with one attached hydrogen (secondary N) is 2. The summed E-state index contributed by atoms with van der Waals surface area (Å²) in [5.74, 6) is 1.43. The molecule has 0 aliphatic heterocycles. The Morgan fingerprint density at radius 3 is 2.65 bits per heavy atom. The molecule has 2 rings (SSSR count). The summed E-state index contributed by atoms with van der Waals surface area (Å²) < 4.78 is 0. The fourth-order valence-corrected chi connectivity index (χ4v) is 2.23. The van der Waals surface area contributed by atoms with Gasteiger partial charge in [-0.05, 0) is 39.3 Å². The van der Waals surface area contributed by atoms with Gasteiger partial charge in [0.2, 0.25) is 5.95 Å². The van der Waals surface area contributed by atoms with Gasteiger partial charge in [-0.25, -0.2) is 4.98 Å². The first-order valence-corrected chi connectivity index (χ1v) is 7.05. The van der Waals surface area contributed by atoms with Crippen molar-refractivity contribution in [3.05, 3.63) is 24.3 Å². The number of aliphatic hydroxyl groups is 1. The molecule has 0 amide bonds. The van der Waals surface area contributed by atoms with E-state index in [0.717, 1.165) is 23.3 Å². The van der Waals surface area contributed by atoms with E-state index in [1.807, 2.05) is 38.1 Å². The molecule has 2 aromatic rings. The molecule has 0 aliphatic carbocycles. The van der Waals surface area contributed by atoms with Gasteiger partial charge in [0.25, 0.3) is 0 Å². The van der Waals surface area contributed by atoms with Gasteiger partial charge in [-0.2, -0.15) is 4.98 Å². The zero-order valence-corrected chi connectivity index (χ0v) is 12.2. The second-order valence-electron chi connectivity index (χ2n) is 5.07. The number of para-hydroxylation sites is 1. The number of rotatable bonds is 6. The Labute approximate surface area is 119 Å². The van der Waals surface area contributed by atoms with Crippen molar-refractivity contribution < 1.29 is 5.11 Å². The fraction of sp³-hybridized carbons (Fsp3) is 0.467. The van der Waals surface area contributed by atoms with Gasteiger partial charge < -0.3 is 15.7 Å². The van der Waals surface area contributed by atoms with Crippen LogP contribution in [0.1, 0.15) is 27.2 Å². The molecule has 0 saturated heterocycles. The van der Waals surface area contributed by atoms with Crippen LogP contribution in [0.2, 0.25) is 0 Å². The molecule has 2 atom stereocenters. The first-order valence-electron chi connectivity index (χ1n) is 7.05. The minimum Gasteiger partial charge on any atom is -0.393 e. The molecular formula is C15H22N4O. The van der Waals surface area contributed by atoms with Crippen LogP contribution in [0.15, 0.2) is 24.3 Å². The summed E-state index contributed by atoms with van der Waals surface area (Å²) in [6.07, 6.45) is 0.341. The van der Waals surface area contributed by atoms with Crippen molar-refractivity contribution in [1.29, 1.82) is 0 Å². The number of anilines is 2. The van der Waals surface area contributed by atoms with Crippen molar-refractivity contribution in [2.45, 2.75) is 39.3 Å². The highest BCUT2D eigenvalue weighted by Gasteiger charge is 2.11. The van der Waals surface area contributed by atoms with E-state index in [-0.39, 0.29) is 12.1 Å². The molecule has 0 saturated carbocycles. The average Bonchev–Trinajstić information content (AvgIpc) is 2.38. The maximum absolute atomic E-state index is 9.47. The van der Waals surface area contributed by atoms with Crippen LogP contribution in [0.5, 0.6) is 0 Å². The smallest absolute Gasteiger partial charge is 0.225 e. The second kappa shape index (κ2) is 6.52. The molecule has 108 valence electrons. The number of hydrogen-bond acceptors (Lipinski definition) is 5. The Kier molecular flexibility index (Phi) is 4.74. The Balaban J connectivity index is 2.34. The monoisotopic (exact) mass is 274 g/mol. The topological polar surface area (TPSA) is 70.1 Å². The highest BCUT2D eigenvalue weighted by molar-refractivity contribution is 5.90. The number of aliphatic hydroxyl groups excluding tert-OH is 1. The summed E-state index contributed by atoms with van der Waals surface area (Å²) in [5.41, 5.74) is 0.908. The lowest BCUT2D eigenvalue weighted by atomic mass is 10.1. The first kappa shape index (κ1) is 14.5. The maximum atomic E-state index is 9.47. The SMILES string of the molecule is CCNc1nc(NC(C)CC(C)O)c2ccccc2n1. The molecule has 1 heterocycles. The van der Waals surface area contributed by atoms with Crippen molar-refractivity contribution in [3.63, 3.8) is 0 Å². The quantitative estimate of drug-likeness (QED) is 0.755. The largest absolute Gasteiger partial charge is 0.393 e. The van der Waals surface area contributed by atoms with E-state index < -0.39 is 0 Å². The lowest BCUT2D eigenvalue weighted by Crippen LogP contribution is -2.21.